The third-order valence-electron chi connectivity index (χ3n) is 2.71. The van der Waals surface area contributed by atoms with Crippen LogP contribution in [0, 0.1) is 5.82 Å². The summed E-state index contributed by atoms with van der Waals surface area (Å²) in [6.45, 7) is 3.95. The van der Waals surface area contributed by atoms with Gasteiger partial charge in [0, 0.05) is 24.9 Å². The number of rotatable bonds is 6. The summed E-state index contributed by atoms with van der Waals surface area (Å²) in [5.74, 6) is 0.706. The van der Waals surface area contributed by atoms with E-state index in [1.165, 1.54) is 12.1 Å². The molecule has 0 saturated carbocycles. The lowest BCUT2D eigenvalue weighted by molar-refractivity contribution is 0.627. The van der Waals surface area contributed by atoms with Gasteiger partial charge in [0.15, 0.2) is 0 Å². The monoisotopic (exact) mass is 247 g/mol. The second-order valence-electron chi connectivity index (χ2n) is 4.34. The molecule has 18 heavy (non-hydrogen) atoms. The number of benzene rings is 1. The highest BCUT2D eigenvalue weighted by molar-refractivity contribution is 5.20. The number of halogens is 1. The van der Waals surface area contributed by atoms with Crippen LogP contribution >= 0.6 is 0 Å². The van der Waals surface area contributed by atoms with Crippen LogP contribution in [0.3, 0.4) is 0 Å². The van der Waals surface area contributed by atoms with Crippen molar-refractivity contribution in [2.24, 2.45) is 0 Å². The number of hydrogen-bond acceptors (Lipinski definition) is 2. The van der Waals surface area contributed by atoms with Gasteiger partial charge in [0.1, 0.15) is 11.6 Å². The molecule has 0 spiro atoms. The Bertz CT molecular complexity index is 476. The Morgan fingerprint density at radius 3 is 2.78 bits per heavy atom. The van der Waals surface area contributed by atoms with Crippen LogP contribution in [0.25, 0.3) is 0 Å². The fourth-order valence-electron chi connectivity index (χ4n) is 1.78. The van der Waals surface area contributed by atoms with Crippen molar-refractivity contribution in [3.8, 4) is 0 Å². The van der Waals surface area contributed by atoms with Crippen molar-refractivity contribution in [1.82, 2.24) is 15.3 Å². The van der Waals surface area contributed by atoms with Crippen LogP contribution in [0.1, 0.15) is 30.4 Å². The summed E-state index contributed by atoms with van der Waals surface area (Å²) in [4.78, 5) is 7.59. The first-order valence-electron chi connectivity index (χ1n) is 6.26. The predicted octanol–water partition coefficient (Wildman–Crippen LogP) is 2.64. The molecule has 0 unspecified atom stereocenters. The number of imidazole rings is 1. The molecule has 96 valence electrons. The second-order valence-corrected chi connectivity index (χ2v) is 4.34. The van der Waals surface area contributed by atoms with Crippen LogP contribution in [0.2, 0.25) is 0 Å². The first-order valence-corrected chi connectivity index (χ1v) is 6.26. The van der Waals surface area contributed by atoms with E-state index in [9.17, 15) is 4.39 Å². The maximum Gasteiger partial charge on any atom is 0.123 e. The Balaban J connectivity index is 1.91. The first kappa shape index (κ1) is 12.8. The van der Waals surface area contributed by atoms with Gasteiger partial charge in [-0.3, -0.25) is 0 Å². The Labute approximate surface area is 106 Å². The molecule has 0 atom stereocenters. The van der Waals surface area contributed by atoms with Crippen molar-refractivity contribution in [3.05, 3.63) is 53.4 Å². The molecule has 2 rings (SSSR count). The molecule has 0 saturated heterocycles. The van der Waals surface area contributed by atoms with E-state index in [0.29, 0.717) is 6.42 Å². The van der Waals surface area contributed by atoms with E-state index in [-0.39, 0.29) is 5.82 Å². The van der Waals surface area contributed by atoms with Crippen molar-refractivity contribution < 1.29 is 4.39 Å². The molecular weight excluding hydrogens is 229 g/mol. The van der Waals surface area contributed by atoms with Gasteiger partial charge in [-0.1, -0.05) is 19.1 Å². The molecule has 0 aliphatic carbocycles. The van der Waals surface area contributed by atoms with Crippen LogP contribution in [-0.4, -0.2) is 16.5 Å². The summed E-state index contributed by atoms with van der Waals surface area (Å²) >= 11 is 0. The third-order valence-corrected chi connectivity index (χ3v) is 2.71. The molecule has 0 aliphatic heterocycles. The number of nitrogens with one attached hydrogen (secondary N) is 2. The lowest BCUT2D eigenvalue weighted by Gasteiger charge is -2.00. The van der Waals surface area contributed by atoms with E-state index in [0.717, 1.165) is 36.6 Å². The summed E-state index contributed by atoms with van der Waals surface area (Å²) in [6.07, 6.45) is 3.67. The molecule has 2 N–H and O–H groups in total. The predicted molar refractivity (Wildman–Crippen MR) is 69.8 cm³/mol. The van der Waals surface area contributed by atoms with Crippen LogP contribution in [0.15, 0.2) is 30.5 Å². The summed E-state index contributed by atoms with van der Waals surface area (Å²) < 4.78 is 12.8. The standard InChI is InChI=1S/C14H18FN3/c1-2-7-16-9-13-10-17-14(18-13)8-11-3-5-12(15)6-4-11/h3-6,10,16H,2,7-9H2,1H3,(H,17,18). The topological polar surface area (TPSA) is 40.7 Å². The number of H-pyrrole nitrogens is 1. The van der Waals surface area contributed by atoms with Crippen LogP contribution in [0.4, 0.5) is 4.39 Å². The lowest BCUT2D eigenvalue weighted by Crippen LogP contribution is -2.13. The van der Waals surface area contributed by atoms with E-state index in [4.69, 9.17) is 0 Å². The highest BCUT2D eigenvalue weighted by atomic mass is 19.1. The van der Waals surface area contributed by atoms with Crippen molar-refractivity contribution in [3.63, 3.8) is 0 Å². The highest BCUT2D eigenvalue weighted by Crippen LogP contribution is 2.08. The van der Waals surface area contributed by atoms with Gasteiger partial charge in [-0.05, 0) is 30.7 Å². The summed E-state index contributed by atoms with van der Waals surface area (Å²) in [7, 11) is 0. The van der Waals surface area contributed by atoms with E-state index in [1.807, 2.05) is 6.20 Å². The number of hydrogen-bond donors (Lipinski definition) is 2. The molecule has 0 amide bonds. The van der Waals surface area contributed by atoms with Crippen LogP contribution < -0.4 is 5.32 Å². The van der Waals surface area contributed by atoms with E-state index in [2.05, 4.69) is 22.2 Å². The molecule has 2 aromatic rings. The van der Waals surface area contributed by atoms with Crippen molar-refractivity contribution >= 4 is 0 Å². The smallest absolute Gasteiger partial charge is 0.123 e. The Kier molecular flexibility index (Phi) is 4.47. The van der Waals surface area contributed by atoms with E-state index >= 15 is 0 Å². The maximum absolute atomic E-state index is 12.8. The number of aromatic amines is 1. The van der Waals surface area contributed by atoms with Crippen molar-refractivity contribution in [2.45, 2.75) is 26.3 Å². The van der Waals surface area contributed by atoms with Crippen LogP contribution in [-0.2, 0) is 13.0 Å². The molecule has 3 nitrogen and oxygen atoms in total. The zero-order valence-corrected chi connectivity index (χ0v) is 10.5. The van der Waals surface area contributed by atoms with Gasteiger partial charge in [0.05, 0.1) is 0 Å². The van der Waals surface area contributed by atoms with Gasteiger partial charge >= 0.3 is 0 Å². The average molecular weight is 247 g/mol. The highest BCUT2D eigenvalue weighted by Gasteiger charge is 2.02. The van der Waals surface area contributed by atoms with E-state index < -0.39 is 0 Å². The molecule has 0 aliphatic rings. The SMILES string of the molecule is CCCNCc1cnc(Cc2ccc(F)cc2)[nH]1. The Morgan fingerprint density at radius 1 is 1.28 bits per heavy atom. The molecule has 4 heteroatoms. The minimum Gasteiger partial charge on any atom is -0.345 e. The lowest BCUT2D eigenvalue weighted by atomic mass is 10.1. The molecule has 0 bridgehead atoms. The first-order chi connectivity index (χ1) is 8.78. The van der Waals surface area contributed by atoms with Gasteiger partial charge in [-0.2, -0.15) is 0 Å². The summed E-state index contributed by atoms with van der Waals surface area (Å²) in [6, 6.07) is 6.52. The minimum absolute atomic E-state index is 0.206. The Hall–Kier alpha value is -1.68. The molecule has 1 aromatic carbocycles. The van der Waals surface area contributed by atoms with Gasteiger partial charge in [-0.25, -0.2) is 9.37 Å². The average Bonchev–Trinajstić information content (AvgIpc) is 2.80. The zero-order valence-electron chi connectivity index (χ0n) is 10.5. The van der Waals surface area contributed by atoms with Gasteiger partial charge in [0.2, 0.25) is 0 Å². The zero-order chi connectivity index (χ0) is 12.8. The quantitative estimate of drug-likeness (QED) is 0.770. The molecular formula is C14H18FN3. The molecule has 1 aromatic heterocycles. The second kappa shape index (κ2) is 6.31. The maximum atomic E-state index is 12.8. The molecule has 0 radical (unpaired) electrons. The molecule has 0 fully saturated rings. The van der Waals surface area contributed by atoms with E-state index in [1.54, 1.807) is 12.1 Å². The largest absolute Gasteiger partial charge is 0.345 e. The van der Waals surface area contributed by atoms with Crippen LogP contribution in [0.5, 0.6) is 0 Å². The van der Waals surface area contributed by atoms with Gasteiger partial charge in [0.25, 0.3) is 0 Å². The summed E-state index contributed by atoms with van der Waals surface area (Å²) in [5.41, 5.74) is 2.14. The third kappa shape index (κ3) is 3.67. The van der Waals surface area contributed by atoms with Crippen molar-refractivity contribution in [2.75, 3.05) is 6.54 Å². The fraction of sp³-hybridized carbons (Fsp3) is 0.357. The summed E-state index contributed by atoms with van der Waals surface area (Å²) in [5, 5.41) is 3.32. The molecule has 1 heterocycles. The Morgan fingerprint density at radius 2 is 2.06 bits per heavy atom. The fourth-order valence-corrected chi connectivity index (χ4v) is 1.78. The van der Waals surface area contributed by atoms with Gasteiger partial charge < -0.3 is 10.3 Å². The number of nitrogens with zero attached hydrogens (tertiary/aromatic N) is 1. The van der Waals surface area contributed by atoms with Crippen molar-refractivity contribution in [1.29, 1.82) is 0 Å². The minimum atomic E-state index is -0.206. The normalized spacial score (nSPS) is 10.8. The van der Waals surface area contributed by atoms with Gasteiger partial charge in [-0.15, -0.1) is 0 Å². The number of aromatic nitrogens is 2.